The Morgan fingerprint density at radius 2 is 2.06 bits per heavy atom. The maximum Gasteiger partial charge on any atom is 0.283 e. The summed E-state index contributed by atoms with van der Waals surface area (Å²) in [5.74, 6) is 1.37. The van der Waals surface area contributed by atoms with Crippen LogP contribution in [-0.4, -0.2) is 10.2 Å². The molecular formula is C13H13N3O2. The quantitative estimate of drug-likeness (QED) is 0.765. The van der Waals surface area contributed by atoms with Gasteiger partial charge in [-0.3, -0.25) is 0 Å². The topological polar surface area (TPSA) is 78.1 Å². The zero-order chi connectivity index (χ0) is 12.5. The van der Waals surface area contributed by atoms with Crippen molar-refractivity contribution < 1.29 is 8.83 Å². The number of furan rings is 1. The second-order valence-corrected chi connectivity index (χ2v) is 4.11. The molecule has 0 aliphatic rings. The number of fused-ring (bicyclic) bond motifs is 1. The van der Waals surface area contributed by atoms with E-state index in [4.69, 9.17) is 14.6 Å². The van der Waals surface area contributed by atoms with E-state index in [0.717, 1.165) is 17.4 Å². The summed E-state index contributed by atoms with van der Waals surface area (Å²) in [5, 5.41) is 8.90. The molecule has 18 heavy (non-hydrogen) atoms. The van der Waals surface area contributed by atoms with Crippen molar-refractivity contribution >= 4 is 11.0 Å². The van der Waals surface area contributed by atoms with Gasteiger partial charge in [-0.05, 0) is 18.6 Å². The molecule has 3 aromatic rings. The Labute approximate surface area is 104 Å². The summed E-state index contributed by atoms with van der Waals surface area (Å²) in [6.45, 7) is 1.97. The van der Waals surface area contributed by atoms with Gasteiger partial charge in [-0.2, -0.15) is 0 Å². The zero-order valence-electron chi connectivity index (χ0n) is 9.96. The van der Waals surface area contributed by atoms with Crippen LogP contribution in [0, 0.1) is 0 Å². The molecule has 0 saturated carbocycles. The Morgan fingerprint density at radius 1 is 1.22 bits per heavy atom. The average Bonchev–Trinajstić information content (AvgIpc) is 3.03. The minimum absolute atomic E-state index is 0.226. The molecule has 0 bridgehead atoms. The second kappa shape index (κ2) is 4.27. The van der Waals surface area contributed by atoms with E-state index in [0.29, 0.717) is 17.5 Å². The molecule has 3 rings (SSSR count). The van der Waals surface area contributed by atoms with Crippen molar-refractivity contribution in [3.05, 3.63) is 36.2 Å². The van der Waals surface area contributed by atoms with Gasteiger partial charge in [0.15, 0.2) is 5.76 Å². The van der Waals surface area contributed by atoms with Gasteiger partial charge in [0.2, 0.25) is 5.89 Å². The largest absolute Gasteiger partial charge is 0.451 e. The third kappa shape index (κ3) is 1.78. The van der Waals surface area contributed by atoms with Gasteiger partial charge in [-0.1, -0.05) is 25.1 Å². The fourth-order valence-corrected chi connectivity index (χ4v) is 1.75. The maximum absolute atomic E-state index is 5.83. The van der Waals surface area contributed by atoms with Gasteiger partial charge < -0.3 is 14.6 Å². The summed E-state index contributed by atoms with van der Waals surface area (Å²) in [4.78, 5) is 0. The van der Waals surface area contributed by atoms with Gasteiger partial charge in [0.25, 0.3) is 5.89 Å². The van der Waals surface area contributed by atoms with E-state index in [1.165, 1.54) is 0 Å². The molecule has 5 heteroatoms. The van der Waals surface area contributed by atoms with E-state index in [9.17, 15) is 0 Å². The Morgan fingerprint density at radius 3 is 2.83 bits per heavy atom. The predicted molar refractivity (Wildman–Crippen MR) is 66.7 cm³/mol. The summed E-state index contributed by atoms with van der Waals surface area (Å²) in [6, 6.07) is 9.39. The first kappa shape index (κ1) is 11.0. The monoisotopic (exact) mass is 243 g/mol. The molecule has 1 aromatic carbocycles. The maximum atomic E-state index is 5.83. The van der Waals surface area contributed by atoms with Crippen LogP contribution in [0.15, 0.2) is 39.2 Å². The third-order valence-corrected chi connectivity index (χ3v) is 2.83. The highest BCUT2D eigenvalue weighted by molar-refractivity contribution is 5.81. The van der Waals surface area contributed by atoms with Crippen LogP contribution in [0.4, 0.5) is 0 Å². The lowest BCUT2D eigenvalue weighted by molar-refractivity contribution is 0.443. The lowest BCUT2D eigenvalue weighted by atomic mass is 10.2. The highest BCUT2D eigenvalue weighted by atomic mass is 16.4. The molecule has 0 fully saturated rings. The zero-order valence-corrected chi connectivity index (χ0v) is 9.96. The number of nitrogens with zero attached hydrogens (tertiary/aromatic N) is 2. The summed E-state index contributed by atoms with van der Waals surface area (Å²) < 4.78 is 11.2. The van der Waals surface area contributed by atoms with E-state index in [-0.39, 0.29) is 6.04 Å². The van der Waals surface area contributed by atoms with Crippen molar-refractivity contribution in [2.75, 3.05) is 0 Å². The lowest BCUT2D eigenvalue weighted by Gasteiger charge is -1.99. The van der Waals surface area contributed by atoms with Crippen molar-refractivity contribution in [1.29, 1.82) is 0 Å². The molecule has 0 saturated heterocycles. The first-order valence-corrected chi connectivity index (χ1v) is 5.86. The first-order chi connectivity index (χ1) is 8.78. The second-order valence-electron chi connectivity index (χ2n) is 4.11. The summed E-state index contributed by atoms with van der Waals surface area (Å²) in [6.07, 6.45) is 0.752. The molecule has 0 spiro atoms. The number of hydrogen-bond donors (Lipinski definition) is 1. The lowest BCUT2D eigenvalue weighted by Crippen LogP contribution is -2.08. The van der Waals surface area contributed by atoms with E-state index in [1.54, 1.807) is 0 Å². The van der Waals surface area contributed by atoms with Crippen molar-refractivity contribution in [2.24, 2.45) is 5.73 Å². The van der Waals surface area contributed by atoms with Crippen LogP contribution in [0.1, 0.15) is 25.3 Å². The molecule has 1 atom stereocenters. The molecule has 5 nitrogen and oxygen atoms in total. The highest BCUT2D eigenvalue weighted by Gasteiger charge is 2.16. The number of para-hydroxylation sites is 1. The predicted octanol–water partition coefficient (Wildman–Crippen LogP) is 2.89. The van der Waals surface area contributed by atoms with Gasteiger partial charge >= 0.3 is 0 Å². The van der Waals surface area contributed by atoms with Crippen LogP contribution in [-0.2, 0) is 0 Å². The molecule has 92 valence electrons. The van der Waals surface area contributed by atoms with Crippen molar-refractivity contribution in [3.8, 4) is 11.7 Å². The van der Waals surface area contributed by atoms with Gasteiger partial charge in [0.1, 0.15) is 5.58 Å². The third-order valence-electron chi connectivity index (χ3n) is 2.83. The molecular weight excluding hydrogens is 230 g/mol. The van der Waals surface area contributed by atoms with Crippen LogP contribution in [0.2, 0.25) is 0 Å². The van der Waals surface area contributed by atoms with E-state index in [1.807, 2.05) is 37.3 Å². The minimum Gasteiger partial charge on any atom is -0.451 e. The van der Waals surface area contributed by atoms with E-state index in [2.05, 4.69) is 10.2 Å². The molecule has 2 aromatic heterocycles. The molecule has 2 heterocycles. The summed E-state index contributed by atoms with van der Waals surface area (Å²) in [5.41, 5.74) is 6.63. The molecule has 2 N–H and O–H groups in total. The van der Waals surface area contributed by atoms with Gasteiger partial charge in [0, 0.05) is 5.39 Å². The Hall–Kier alpha value is -2.14. The van der Waals surface area contributed by atoms with Crippen molar-refractivity contribution in [1.82, 2.24) is 10.2 Å². The fourth-order valence-electron chi connectivity index (χ4n) is 1.75. The molecule has 1 unspecified atom stereocenters. The van der Waals surface area contributed by atoms with E-state index < -0.39 is 0 Å². The first-order valence-electron chi connectivity index (χ1n) is 5.86. The number of hydrogen-bond acceptors (Lipinski definition) is 5. The smallest absolute Gasteiger partial charge is 0.283 e. The molecule has 0 amide bonds. The number of aromatic nitrogens is 2. The SMILES string of the molecule is CCC(N)c1nnc(-c2cc3ccccc3o2)o1. The number of rotatable bonds is 3. The van der Waals surface area contributed by atoms with Crippen LogP contribution in [0.25, 0.3) is 22.6 Å². The molecule has 0 radical (unpaired) electrons. The van der Waals surface area contributed by atoms with Gasteiger partial charge in [-0.15, -0.1) is 10.2 Å². The van der Waals surface area contributed by atoms with Crippen molar-refractivity contribution in [2.45, 2.75) is 19.4 Å². The summed E-state index contributed by atoms with van der Waals surface area (Å²) in [7, 11) is 0. The molecule has 0 aliphatic heterocycles. The standard InChI is InChI=1S/C13H13N3O2/c1-2-9(14)12-15-16-13(18-12)11-7-8-5-3-4-6-10(8)17-11/h3-7,9H,2,14H2,1H3. The minimum atomic E-state index is -0.226. The number of nitrogens with two attached hydrogens (primary N) is 1. The average molecular weight is 243 g/mol. The normalized spacial score (nSPS) is 13.0. The van der Waals surface area contributed by atoms with Gasteiger partial charge in [0.05, 0.1) is 6.04 Å². The van der Waals surface area contributed by atoms with Crippen LogP contribution < -0.4 is 5.73 Å². The molecule has 0 aliphatic carbocycles. The highest BCUT2D eigenvalue weighted by Crippen LogP contribution is 2.27. The fraction of sp³-hybridized carbons (Fsp3) is 0.231. The Bertz CT molecular complexity index is 638. The van der Waals surface area contributed by atoms with Crippen LogP contribution in [0.3, 0.4) is 0 Å². The van der Waals surface area contributed by atoms with E-state index >= 15 is 0 Å². The Balaban J connectivity index is 2.01. The Kier molecular flexibility index (Phi) is 2.60. The number of benzene rings is 1. The summed E-state index contributed by atoms with van der Waals surface area (Å²) >= 11 is 0. The van der Waals surface area contributed by atoms with Crippen LogP contribution in [0.5, 0.6) is 0 Å². The van der Waals surface area contributed by atoms with Gasteiger partial charge in [-0.25, -0.2) is 0 Å². The van der Waals surface area contributed by atoms with Crippen LogP contribution >= 0.6 is 0 Å². The van der Waals surface area contributed by atoms with Crippen molar-refractivity contribution in [3.63, 3.8) is 0 Å².